The quantitative estimate of drug-likeness (QED) is 0.328. The van der Waals surface area contributed by atoms with Crippen molar-refractivity contribution in [3.63, 3.8) is 0 Å². The number of aromatic nitrogens is 2. The van der Waals surface area contributed by atoms with E-state index in [2.05, 4.69) is 9.97 Å². The molecule has 3 aromatic rings. The number of carbonyl (C=O) groups is 1. The minimum atomic E-state index is -5.00. The molecule has 0 bridgehead atoms. The Balaban J connectivity index is 1.49. The number of carbonyl (C=O) groups excluding carboxylic acids is 1. The van der Waals surface area contributed by atoms with Crippen LogP contribution in [0.5, 0.6) is 0 Å². The molecule has 2 aliphatic rings. The molecule has 0 aliphatic carbocycles. The standard InChI is InChI=1S/C28H22F7N3O2/c1-15(17-6-20(27(30,31)32)10-21(7-17)28(33,34)35)40-24-13-38-23(26(24)16-2-4-22(29)5-3-16)8-18(9-25(38)39)19-11-36-14-37-12-19/h2-7,9-12,14-15,23-24,26H,8,13H2,1H3/t15-,23+,24+,26+/m1/s1. The summed E-state index contributed by atoms with van der Waals surface area (Å²) < 4.78 is 101. The van der Waals surface area contributed by atoms with Crippen LogP contribution in [-0.2, 0) is 21.9 Å². The number of ether oxygens (including phenoxy) is 1. The third-order valence-corrected chi connectivity index (χ3v) is 7.25. The van der Waals surface area contributed by atoms with Crippen LogP contribution in [0.2, 0.25) is 0 Å². The van der Waals surface area contributed by atoms with Crippen molar-refractivity contribution in [3.05, 3.63) is 101 Å². The Morgan fingerprint density at radius 3 is 2.12 bits per heavy atom. The molecule has 3 heterocycles. The van der Waals surface area contributed by atoms with E-state index in [0.717, 1.165) is 0 Å². The van der Waals surface area contributed by atoms with Gasteiger partial charge in [0.2, 0.25) is 5.91 Å². The molecular formula is C28H22F7N3O2. The molecule has 1 fully saturated rings. The summed E-state index contributed by atoms with van der Waals surface area (Å²) in [6.07, 6.45) is -5.73. The fourth-order valence-electron chi connectivity index (χ4n) is 5.36. The maximum Gasteiger partial charge on any atom is 0.416 e. The summed E-state index contributed by atoms with van der Waals surface area (Å²) >= 11 is 0. The molecule has 0 N–H and O–H groups in total. The number of fused-ring (bicyclic) bond motifs is 1. The van der Waals surface area contributed by atoms with E-state index in [9.17, 15) is 35.5 Å². The molecule has 0 saturated carbocycles. The van der Waals surface area contributed by atoms with Crippen molar-refractivity contribution in [2.75, 3.05) is 6.54 Å². The molecule has 2 aliphatic heterocycles. The SMILES string of the molecule is C[C@@H](O[C@H]1CN2C(=O)C=C(c3cncnc3)C[C@H]2[C@@H]1c1ccc(F)cc1)c1cc(C(F)(F)F)cc(C(F)(F)F)c1. The van der Waals surface area contributed by atoms with Crippen LogP contribution >= 0.6 is 0 Å². The predicted molar refractivity (Wildman–Crippen MR) is 129 cm³/mol. The lowest BCUT2D eigenvalue weighted by Gasteiger charge is -2.32. The summed E-state index contributed by atoms with van der Waals surface area (Å²) in [6.45, 7) is 1.40. The van der Waals surface area contributed by atoms with Crippen molar-refractivity contribution in [3.8, 4) is 0 Å². The first-order valence-electron chi connectivity index (χ1n) is 12.3. The number of halogens is 7. The minimum absolute atomic E-state index is 0.0377. The Hall–Kier alpha value is -3.80. The number of hydrogen-bond donors (Lipinski definition) is 0. The lowest BCUT2D eigenvalue weighted by molar-refractivity contribution is -0.143. The Labute approximate surface area is 224 Å². The lowest BCUT2D eigenvalue weighted by Crippen LogP contribution is -2.39. The lowest BCUT2D eigenvalue weighted by atomic mass is 9.84. The van der Waals surface area contributed by atoms with Crippen molar-refractivity contribution >= 4 is 11.5 Å². The zero-order valence-electron chi connectivity index (χ0n) is 20.9. The van der Waals surface area contributed by atoms with Gasteiger partial charge in [-0.15, -0.1) is 0 Å². The summed E-state index contributed by atoms with van der Waals surface area (Å²) in [7, 11) is 0. The van der Waals surface area contributed by atoms with Gasteiger partial charge in [0, 0.05) is 42.5 Å². The van der Waals surface area contributed by atoms with Crippen LogP contribution < -0.4 is 0 Å². The molecule has 210 valence electrons. The van der Waals surface area contributed by atoms with E-state index in [1.165, 1.54) is 43.6 Å². The first-order chi connectivity index (χ1) is 18.8. The van der Waals surface area contributed by atoms with Gasteiger partial charge < -0.3 is 9.64 Å². The molecular weight excluding hydrogens is 543 g/mol. The number of hydrogen-bond acceptors (Lipinski definition) is 4. The van der Waals surface area contributed by atoms with Crippen LogP contribution in [-0.4, -0.2) is 39.5 Å². The van der Waals surface area contributed by atoms with E-state index in [-0.39, 0.29) is 24.1 Å². The van der Waals surface area contributed by atoms with Crippen LogP contribution in [0.3, 0.4) is 0 Å². The average molecular weight is 565 g/mol. The number of amides is 1. The van der Waals surface area contributed by atoms with Crippen LogP contribution in [0.1, 0.15) is 53.2 Å². The number of rotatable bonds is 5. The van der Waals surface area contributed by atoms with Crippen LogP contribution in [0, 0.1) is 5.82 Å². The Kier molecular flexibility index (Phi) is 7.15. The average Bonchev–Trinajstić information content (AvgIpc) is 3.26. The van der Waals surface area contributed by atoms with E-state index in [0.29, 0.717) is 35.3 Å². The number of benzene rings is 2. The van der Waals surface area contributed by atoms with E-state index < -0.39 is 53.5 Å². The second-order valence-electron chi connectivity index (χ2n) is 9.79. The van der Waals surface area contributed by atoms with Crippen molar-refractivity contribution in [1.29, 1.82) is 0 Å². The zero-order chi connectivity index (χ0) is 28.8. The molecule has 1 aromatic heterocycles. The fraction of sp³-hybridized carbons (Fsp3) is 0.321. The number of nitrogens with zero attached hydrogens (tertiary/aromatic N) is 3. The van der Waals surface area contributed by atoms with E-state index in [1.807, 2.05) is 0 Å². The molecule has 1 amide bonds. The van der Waals surface area contributed by atoms with Gasteiger partial charge in [0.1, 0.15) is 12.1 Å². The Morgan fingerprint density at radius 1 is 0.950 bits per heavy atom. The van der Waals surface area contributed by atoms with Crippen molar-refractivity contribution in [1.82, 2.24) is 14.9 Å². The van der Waals surface area contributed by atoms with E-state index in [1.54, 1.807) is 17.3 Å². The molecule has 1 saturated heterocycles. The highest BCUT2D eigenvalue weighted by molar-refractivity contribution is 5.97. The highest BCUT2D eigenvalue weighted by Crippen LogP contribution is 2.45. The second-order valence-corrected chi connectivity index (χ2v) is 9.79. The van der Waals surface area contributed by atoms with Crippen LogP contribution in [0.25, 0.3) is 5.57 Å². The highest BCUT2D eigenvalue weighted by atomic mass is 19.4. The molecule has 0 unspecified atom stereocenters. The van der Waals surface area contributed by atoms with Gasteiger partial charge in [-0.25, -0.2) is 14.4 Å². The van der Waals surface area contributed by atoms with Crippen molar-refractivity contribution < 1.29 is 40.3 Å². The highest BCUT2D eigenvalue weighted by Gasteiger charge is 2.48. The molecule has 2 aromatic carbocycles. The van der Waals surface area contributed by atoms with Gasteiger partial charge in [-0.05, 0) is 60.4 Å². The first-order valence-corrected chi connectivity index (χ1v) is 12.3. The summed E-state index contributed by atoms with van der Waals surface area (Å²) in [5.41, 5.74) is -1.28. The van der Waals surface area contributed by atoms with Gasteiger partial charge in [0.05, 0.1) is 23.3 Å². The molecule has 5 nitrogen and oxygen atoms in total. The predicted octanol–water partition coefficient (Wildman–Crippen LogP) is 6.58. The van der Waals surface area contributed by atoms with Gasteiger partial charge in [-0.1, -0.05) is 12.1 Å². The summed E-state index contributed by atoms with van der Waals surface area (Å²) in [4.78, 5) is 22.7. The Morgan fingerprint density at radius 2 is 1.55 bits per heavy atom. The summed E-state index contributed by atoms with van der Waals surface area (Å²) in [5, 5.41) is 0. The van der Waals surface area contributed by atoms with Gasteiger partial charge in [-0.2, -0.15) is 26.3 Å². The van der Waals surface area contributed by atoms with Crippen LogP contribution in [0.4, 0.5) is 30.7 Å². The normalized spacial score (nSPS) is 22.2. The van der Waals surface area contributed by atoms with Gasteiger partial charge in [-0.3, -0.25) is 4.79 Å². The first kappa shape index (κ1) is 27.8. The maximum atomic E-state index is 13.7. The smallest absolute Gasteiger partial charge is 0.368 e. The molecule has 5 rings (SSSR count). The van der Waals surface area contributed by atoms with Gasteiger partial charge in [0.25, 0.3) is 0 Å². The molecule has 0 radical (unpaired) electrons. The zero-order valence-corrected chi connectivity index (χ0v) is 20.9. The molecule has 12 heteroatoms. The second kappa shape index (κ2) is 10.3. The van der Waals surface area contributed by atoms with Gasteiger partial charge in [0.15, 0.2) is 0 Å². The topological polar surface area (TPSA) is 55.3 Å². The molecule has 4 atom stereocenters. The fourth-order valence-corrected chi connectivity index (χ4v) is 5.36. The van der Waals surface area contributed by atoms with Crippen molar-refractivity contribution in [2.45, 2.75) is 49.9 Å². The van der Waals surface area contributed by atoms with Gasteiger partial charge >= 0.3 is 12.4 Å². The van der Waals surface area contributed by atoms with Crippen LogP contribution in [0.15, 0.2) is 67.3 Å². The molecule has 0 spiro atoms. The third kappa shape index (κ3) is 5.58. The Bertz CT molecular complexity index is 1390. The molecule has 40 heavy (non-hydrogen) atoms. The number of alkyl halides is 6. The van der Waals surface area contributed by atoms with E-state index in [4.69, 9.17) is 4.74 Å². The van der Waals surface area contributed by atoms with E-state index >= 15 is 0 Å². The third-order valence-electron chi connectivity index (χ3n) is 7.25. The largest absolute Gasteiger partial charge is 0.416 e. The summed E-state index contributed by atoms with van der Waals surface area (Å²) in [5.74, 6) is -1.37. The summed E-state index contributed by atoms with van der Waals surface area (Å²) in [6, 6.07) is 6.41. The minimum Gasteiger partial charge on any atom is -0.368 e. The monoisotopic (exact) mass is 565 g/mol. The maximum absolute atomic E-state index is 13.7. The van der Waals surface area contributed by atoms with Crippen molar-refractivity contribution in [2.24, 2.45) is 0 Å².